The number of carboxylic acids is 1. The van der Waals surface area contributed by atoms with Gasteiger partial charge in [0.05, 0.1) is 12.1 Å². The van der Waals surface area contributed by atoms with Gasteiger partial charge in [-0.2, -0.15) is 0 Å². The summed E-state index contributed by atoms with van der Waals surface area (Å²) in [7, 11) is 0. The van der Waals surface area contributed by atoms with E-state index in [-0.39, 0.29) is 50.1 Å². The Morgan fingerprint density at radius 3 is 2.71 bits per heavy atom. The van der Waals surface area contributed by atoms with Crippen LogP contribution in [0.25, 0.3) is 0 Å². The molecule has 2 rings (SSSR count). The molecule has 24 heavy (non-hydrogen) atoms. The Bertz CT molecular complexity index is 685. The number of anilines is 1. The van der Waals surface area contributed by atoms with Crippen LogP contribution in [0.15, 0.2) is 18.2 Å². The number of hydrogen-bond acceptors (Lipinski definition) is 5. The van der Waals surface area contributed by atoms with Gasteiger partial charge in [-0.1, -0.05) is 0 Å². The first-order valence-corrected chi connectivity index (χ1v) is 7.45. The van der Waals surface area contributed by atoms with Crippen molar-refractivity contribution in [3.8, 4) is 5.75 Å². The van der Waals surface area contributed by atoms with E-state index in [0.717, 1.165) is 0 Å². The average molecular weight is 334 g/mol. The van der Waals surface area contributed by atoms with Crippen molar-refractivity contribution in [3.05, 3.63) is 23.8 Å². The SMILES string of the molecule is CC(=O)c1ccc2c(c1)N(CCC(=O)NCCC(=O)O)C(=O)CO2. The number of fused-ring (bicyclic) bond motifs is 1. The molecule has 1 aromatic rings. The number of amides is 2. The lowest BCUT2D eigenvalue weighted by Gasteiger charge is -2.29. The molecule has 2 amide bonds. The van der Waals surface area contributed by atoms with Gasteiger partial charge < -0.3 is 20.1 Å². The summed E-state index contributed by atoms with van der Waals surface area (Å²) in [6, 6.07) is 4.81. The highest BCUT2D eigenvalue weighted by molar-refractivity contribution is 6.01. The molecule has 0 unspecified atom stereocenters. The Balaban J connectivity index is 2.04. The Morgan fingerprint density at radius 2 is 2.04 bits per heavy atom. The monoisotopic (exact) mass is 334 g/mol. The first kappa shape index (κ1) is 17.5. The van der Waals surface area contributed by atoms with Gasteiger partial charge in [-0.05, 0) is 25.1 Å². The maximum absolute atomic E-state index is 12.1. The van der Waals surface area contributed by atoms with Gasteiger partial charge in [0.1, 0.15) is 5.75 Å². The van der Waals surface area contributed by atoms with Crippen molar-refractivity contribution < 1.29 is 29.0 Å². The van der Waals surface area contributed by atoms with Crippen LogP contribution in [0.4, 0.5) is 5.69 Å². The Labute approximate surface area is 138 Å². The van der Waals surface area contributed by atoms with Crippen LogP contribution in [-0.4, -0.2) is 48.4 Å². The number of carbonyl (C=O) groups is 4. The van der Waals surface area contributed by atoms with E-state index in [9.17, 15) is 19.2 Å². The summed E-state index contributed by atoms with van der Waals surface area (Å²) in [6.07, 6.45) is -0.137. The van der Waals surface area contributed by atoms with E-state index in [0.29, 0.717) is 17.0 Å². The van der Waals surface area contributed by atoms with Gasteiger partial charge in [0.25, 0.3) is 5.91 Å². The van der Waals surface area contributed by atoms with E-state index in [2.05, 4.69) is 5.32 Å². The van der Waals surface area contributed by atoms with Gasteiger partial charge >= 0.3 is 5.97 Å². The van der Waals surface area contributed by atoms with E-state index < -0.39 is 5.97 Å². The summed E-state index contributed by atoms with van der Waals surface area (Å²) in [4.78, 5) is 47.1. The van der Waals surface area contributed by atoms with Crippen LogP contribution < -0.4 is 15.0 Å². The van der Waals surface area contributed by atoms with Crippen molar-refractivity contribution in [2.75, 3.05) is 24.6 Å². The minimum absolute atomic E-state index is 0.0229. The van der Waals surface area contributed by atoms with Gasteiger partial charge in [-0.15, -0.1) is 0 Å². The highest BCUT2D eigenvalue weighted by Crippen LogP contribution is 2.33. The third kappa shape index (κ3) is 4.31. The molecular weight excluding hydrogens is 316 g/mol. The molecule has 1 heterocycles. The Morgan fingerprint density at radius 1 is 1.29 bits per heavy atom. The quantitative estimate of drug-likeness (QED) is 0.706. The molecule has 0 aromatic heterocycles. The largest absolute Gasteiger partial charge is 0.482 e. The molecule has 0 radical (unpaired) electrons. The zero-order chi connectivity index (χ0) is 17.7. The van der Waals surface area contributed by atoms with Crippen molar-refractivity contribution in [1.29, 1.82) is 0 Å². The van der Waals surface area contributed by atoms with Gasteiger partial charge in [0, 0.05) is 25.1 Å². The van der Waals surface area contributed by atoms with Crippen LogP contribution in [0.5, 0.6) is 5.75 Å². The normalized spacial score (nSPS) is 13.0. The third-order valence-electron chi connectivity index (χ3n) is 3.53. The lowest BCUT2D eigenvalue weighted by Crippen LogP contribution is -2.41. The number of benzene rings is 1. The molecule has 8 nitrogen and oxygen atoms in total. The van der Waals surface area contributed by atoms with Crippen LogP contribution in [0.3, 0.4) is 0 Å². The summed E-state index contributed by atoms with van der Waals surface area (Å²) in [5.41, 5.74) is 0.903. The summed E-state index contributed by atoms with van der Waals surface area (Å²) < 4.78 is 5.33. The first-order valence-electron chi connectivity index (χ1n) is 7.45. The van der Waals surface area contributed by atoms with Crippen molar-refractivity contribution in [2.24, 2.45) is 0 Å². The fourth-order valence-corrected chi connectivity index (χ4v) is 2.28. The highest BCUT2D eigenvalue weighted by Gasteiger charge is 2.26. The van der Waals surface area contributed by atoms with Gasteiger partial charge in [-0.3, -0.25) is 19.2 Å². The lowest BCUT2D eigenvalue weighted by molar-refractivity contribution is -0.137. The average Bonchev–Trinajstić information content (AvgIpc) is 2.53. The number of hydrogen-bond donors (Lipinski definition) is 2. The fraction of sp³-hybridized carbons (Fsp3) is 0.375. The Kier molecular flexibility index (Phi) is 5.51. The molecule has 2 N–H and O–H groups in total. The van der Waals surface area contributed by atoms with Crippen LogP contribution >= 0.6 is 0 Å². The van der Waals surface area contributed by atoms with E-state index >= 15 is 0 Å². The molecule has 1 aliphatic rings. The maximum Gasteiger partial charge on any atom is 0.305 e. The number of nitrogens with one attached hydrogen (secondary N) is 1. The van der Waals surface area contributed by atoms with Crippen LogP contribution in [-0.2, 0) is 14.4 Å². The number of Topliss-reactive ketones (excluding diaryl/α,β-unsaturated/α-hetero) is 1. The van der Waals surface area contributed by atoms with Crippen molar-refractivity contribution in [2.45, 2.75) is 19.8 Å². The van der Waals surface area contributed by atoms with Crippen molar-refractivity contribution in [3.63, 3.8) is 0 Å². The fourth-order valence-electron chi connectivity index (χ4n) is 2.28. The molecule has 1 aromatic carbocycles. The summed E-state index contributed by atoms with van der Waals surface area (Å²) in [5, 5.41) is 11.0. The van der Waals surface area contributed by atoms with E-state index in [1.807, 2.05) is 0 Å². The second-order valence-corrected chi connectivity index (χ2v) is 5.32. The van der Waals surface area contributed by atoms with E-state index in [1.165, 1.54) is 11.8 Å². The molecule has 0 bridgehead atoms. The predicted molar refractivity (Wildman–Crippen MR) is 84.2 cm³/mol. The highest BCUT2D eigenvalue weighted by atomic mass is 16.5. The summed E-state index contributed by atoms with van der Waals surface area (Å²) in [6.45, 7) is 1.45. The molecular formula is C16H18N2O6. The third-order valence-corrected chi connectivity index (χ3v) is 3.53. The number of ether oxygens (including phenoxy) is 1. The molecule has 0 spiro atoms. The lowest BCUT2D eigenvalue weighted by atomic mass is 10.1. The van der Waals surface area contributed by atoms with Crippen LogP contribution in [0.2, 0.25) is 0 Å². The topological polar surface area (TPSA) is 113 Å². The number of aliphatic carboxylic acids is 1. The first-order chi connectivity index (χ1) is 11.4. The number of carboxylic acid groups (broad SMARTS) is 1. The Hall–Kier alpha value is -2.90. The number of ketones is 1. The van der Waals surface area contributed by atoms with Gasteiger partial charge in [0.2, 0.25) is 5.91 Å². The van der Waals surface area contributed by atoms with Crippen LogP contribution in [0.1, 0.15) is 30.1 Å². The number of nitrogens with zero attached hydrogens (tertiary/aromatic N) is 1. The molecule has 8 heteroatoms. The zero-order valence-corrected chi connectivity index (χ0v) is 13.2. The van der Waals surface area contributed by atoms with Gasteiger partial charge in [-0.25, -0.2) is 0 Å². The molecule has 0 fully saturated rings. The number of rotatable bonds is 7. The summed E-state index contributed by atoms with van der Waals surface area (Å²) in [5.74, 6) is -1.31. The van der Waals surface area contributed by atoms with Crippen molar-refractivity contribution in [1.82, 2.24) is 5.32 Å². The smallest absolute Gasteiger partial charge is 0.305 e. The van der Waals surface area contributed by atoms with Crippen LogP contribution in [0, 0.1) is 0 Å². The minimum Gasteiger partial charge on any atom is -0.482 e. The maximum atomic E-state index is 12.1. The molecule has 1 aliphatic heterocycles. The minimum atomic E-state index is -0.996. The zero-order valence-electron chi connectivity index (χ0n) is 13.2. The second-order valence-electron chi connectivity index (χ2n) is 5.32. The second kappa shape index (κ2) is 7.58. The van der Waals surface area contributed by atoms with Gasteiger partial charge in [0.15, 0.2) is 12.4 Å². The molecule has 128 valence electrons. The van der Waals surface area contributed by atoms with Crippen molar-refractivity contribution >= 4 is 29.3 Å². The predicted octanol–water partition coefficient (Wildman–Crippen LogP) is 0.596. The van der Waals surface area contributed by atoms with E-state index in [1.54, 1.807) is 18.2 Å². The molecule has 0 atom stereocenters. The molecule has 0 saturated carbocycles. The summed E-state index contributed by atoms with van der Waals surface area (Å²) >= 11 is 0. The van der Waals surface area contributed by atoms with E-state index in [4.69, 9.17) is 9.84 Å². The molecule has 0 saturated heterocycles. The molecule has 0 aliphatic carbocycles. The standard InChI is InChI=1S/C16H18N2O6/c1-10(19)11-2-3-13-12(8-11)18(15(21)9-24-13)7-5-14(20)17-6-4-16(22)23/h2-3,8H,4-7,9H2,1H3,(H,17,20)(H,22,23). The number of carbonyl (C=O) groups excluding carboxylic acids is 3.